The Bertz CT molecular complexity index is 947. The molecule has 130 valence electrons. The van der Waals surface area contributed by atoms with Crippen LogP contribution < -0.4 is 4.74 Å². The number of ether oxygens (including phenoxy) is 1. The molecule has 0 amide bonds. The number of rotatable bonds is 3. The molecule has 0 saturated carbocycles. The Morgan fingerprint density at radius 1 is 1.08 bits per heavy atom. The molecule has 0 N–H and O–H groups in total. The Morgan fingerprint density at radius 2 is 1.72 bits per heavy atom. The molecule has 2 aromatic heterocycles. The smallest absolute Gasteiger partial charge is 0.345 e. The van der Waals surface area contributed by atoms with Gasteiger partial charge in [0.15, 0.2) is 5.65 Å². The van der Waals surface area contributed by atoms with E-state index in [1.807, 2.05) is 50.6 Å². The number of carbonyl (C=O) groups excluding carboxylic acids is 1. The van der Waals surface area contributed by atoms with Gasteiger partial charge in [-0.1, -0.05) is 17.7 Å². The summed E-state index contributed by atoms with van der Waals surface area (Å²) >= 11 is 0. The summed E-state index contributed by atoms with van der Waals surface area (Å²) in [5, 5.41) is 5.20. The van der Waals surface area contributed by atoms with Gasteiger partial charge in [-0.3, -0.25) is 0 Å². The van der Waals surface area contributed by atoms with E-state index in [-0.39, 0.29) is 12.0 Å². The first-order valence-corrected chi connectivity index (χ1v) is 8.43. The van der Waals surface area contributed by atoms with Gasteiger partial charge in [0, 0.05) is 11.4 Å². The predicted molar refractivity (Wildman–Crippen MR) is 98.3 cm³/mol. The number of aromatic nitrogens is 3. The van der Waals surface area contributed by atoms with Crippen molar-refractivity contribution in [3.8, 4) is 5.75 Å². The fraction of sp³-hybridized carbons (Fsp3) is 0.350. The first-order valence-electron chi connectivity index (χ1n) is 8.43. The van der Waals surface area contributed by atoms with Crippen molar-refractivity contribution in [3.05, 3.63) is 52.3 Å². The van der Waals surface area contributed by atoms with E-state index in [4.69, 9.17) is 4.74 Å². The Balaban J connectivity index is 1.99. The largest absolute Gasteiger partial charge is 0.422 e. The van der Waals surface area contributed by atoms with Crippen molar-refractivity contribution < 1.29 is 9.53 Å². The second kappa shape index (κ2) is 6.31. The molecular weight excluding hydrogens is 314 g/mol. The number of carbonyl (C=O) groups is 1. The van der Waals surface area contributed by atoms with Crippen LogP contribution in [0.2, 0.25) is 0 Å². The van der Waals surface area contributed by atoms with Crippen LogP contribution >= 0.6 is 0 Å². The molecule has 0 spiro atoms. The van der Waals surface area contributed by atoms with Crippen LogP contribution in [0.1, 0.15) is 52.6 Å². The van der Waals surface area contributed by atoms with Gasteiger partial charge >= 0.3 is 5.97 Å². The summed E-state index contributed by atoms with van der Waals surface area (Å²) in [6.07, 6.45) is 1.74. The fourth-order valence-electron chi connectivity index (χ4n) is 3.13. The van der Waals surface area contributed by atoms with Crippen LogP contribution in [0.25, 0.3) is 11.0 Å². The van der Waals surface area contributed by atoms with Crippen LogP contribution in [0.4, 0.5) is 0 Å². The highest BCUT2D eigenvalue weighted by Crippen LogP contribution is 2.26. The van der Waals surface area contributed by atoms with E-state index in [9.17, 15) is 4.79 Å². The first kappa shape index (κ1) is 17.1. The van der Waals surface area contributed by atoms with E-state index in [2.05, 4.69) is 23.9 Å². The normalized spacial score (nSPS) is 11.3. The van der Waals surface area contributed by atoms with E-state index in [0.717, 1.165) is 27.7 Å². The average molecular weight is 337 g/mol. The van der Waals surface area contributed by atoms with E-state index in [1.54, 1.807) is 6.20 Å². The van der Waals surface area contributed by atoms with Crippen LogP contribution in [-0.2, 0) is 0 Å². The molecule has 0 aliphatic heterocycles. The Labute approximate surface area is 147 Å². The SMILES string of the molecule is Cc1cc(C)c(OC(=O)c2cc3cnn(C(C)C)c3nc2C)c(C)c1. The minimum absolute atomic E-state index is 0.208. The quantitative estimate of drug-likeness (QED) is 0.523. The summed E-state index contributed by atoms with van der Waals surface area (Å²) in [4.78, 5) is 17.3. The summed E-state index contributed by atoms with van der Waals surface area (Å²) in [5.74, 6) is 0.229. The third-order valence-electron chi connectivity index (χ3n) is 4.27. The summed E-state index contributed by atoms with van der Waals surface area (Å²) < 4.78 is 7.55. The standard InChI is InChI=1S/C20H23N3O2/c1-11(2)23-19-16(10-21-23)9-17(15(6)22-19)20(24)25-18-13(4)7-12(3)8-14(18)5/h7-11H,1-6H3. The highest BCUT2D eigenvalue weighted by atomic mass is 16.5. The van der Waals surface area contributed by atoms with Gasteiger partial charge in [0.2, 0.25) is 0 Å². The van der Waals surface area contributed by atoms with E-state index >= 15 is 0 Å². The first-order chi connectivity index (χ1) is 11.8. The Hall–Kier alpha value is -2.69. The van der Waals surface area contributed by atoms with Crippen molar-refractivity contribution in [3.63, 3.8) is 0 Å². The van der Waals surface area contributed by atoms with E-state index < -0.39 is 0 Å². The van der Waals surface area contributed by atoms with Crippen LogP contribution in [-0.4, -0.2) is 20.7 Å². The molecule has 3 aromatic rings. The van der Waals surface area contributed by atoms with Crippen molar-refractivity contribution in [1.29, 1.82) is 0 Å². The molecule has 0 aliphatic rings. The van der Waals surface area contributed by atoms with Crippen LogP contribution in [0.15, 0.2) is 24.4 Å². The lowest BCUT2D eigenvalue weighted by molar-refractivity contribution is 0.0731. The summed E-state index contributed by atoms with van der Waals surface area (Å²) in [5.41, 5.74) is 4.94. The van der Waals surface area contributed by atoms with Gasteiger partial charge in [-0.15, -0.1) is 0 Å². The van der Waals surface area contributed by atoms with Crippen LogP contribution in [0, 0.1) is 27.7 Å². The van der Waals surface area contributed by atoms with Gasteiger partial charge < -0.3 is 4.74 Å². The molecular formula is C20H23N3O2. The second-order valence-corrected chi connectivity index (χ2v) is 6.83. The topological polar surface area (TPSA) is 57.0 Å². The fourth-order valence-corrected chi connectivity index (χ4v) is 3.13. The maximum absolute atomic E-state index is 12.7. The van der Waals surface area contributed by atoms with Crippen molar-refractivity contribution in [2.24, 2.45) is 0 Å². The number of esters is 1. The van der Waals surface area contributed by atoms with E-state index in [0.29, 0.717) is 17.0 Å². The maximum Gasteiger partial charge on any atom is 0.345 e. The monoisotopic (exact) mass is 337 g/mol. The molecule has 1 aromatic carbocycles. The zero-order valence-electron chi connectivity index (χ0n) is 15.5. The molecule has 2 heterocycles. The summed E-state index contributed by atoms with van der Waals surface area (Å²) in [6.45, 7) is 11.8. The minimum atomic E-state index is -0.390. The lowest BCUT2D eigenvalue weighted by atomic mass is 10.1. The molecule has 0 unspecified atom stereocenters. The second-order valence-electron chi connectivity index (χ2n) is 6.83. The van der Waals surface area contributed by atoms with Crippen LogP contribution in [0.5, 0.6) is 5.75 Å². The number of hydrogen-bond donors (Lipinski definition) is 0. The lowest BCUT2D eigenvalue weighted by Crippen LogP contribution is -2.13. The van der Waals surface area contributed by atoms with Crippen molar-refractivity contribution in [2.75, 3.05) is 0 Å². The molecule has 25 heavy (non-hydrogen) atoms. The lowest BCUT2D eigenvalue weighted by Gasteiger charge is -2.13. The molecule has 0 saturated heterocycles. The van der Waals surface area contributed by atoms with E-state index in [1.165, 1.54) is 0 Å². The maximum atomic E-state index is 12.7. The number of pyridine rings is 1. The zero-order chi connectivity index (χ0) is 18.3. The van der Waals surface area contributed by atoms with Crippen molar-refractivity contribution in [1.82, 2.24) is 14.8 Å². The third kappa shape index (κ3) is 3.14. The number of benzene rings is 1. The minimum Gasteiger partial charge on any atom is -0.422 e. The number of nitrogens with zero attached hydrogens (tertiary/aromatic N) is 3. The van der Waals surface area contributed by atoms with Gasteiger partial charge in [-0.25, -0.2) is 14.5 Å². The van der Waals surface area contributed by atoms with Gasteiger partial charge in [-0.2, -0.15) is 5.10 Å². The van der Waals surface area contributed by atoms with Crippen molar-refractivity contribution in [2.45, 2.75) is 47.6 Å². The molecule has 0 aliphatic carbocycles. The number of hydrogen-bond acceptors (Lipinski definition) is 4. The molecule has 5 heteroatoms. The Morgan fingerprint density at radius 3 is 2.32 bits per heavy atom. The predicted octanol–water partition coefficient (Wildman–Crippen LogP) is 4.47. The Kier molecular flexibility index (Phi) is 4.33. The average Bonchev–Trinajstić information content (AvgIpc) is 2.92. The number of fused-ring (bicyclic) bond motifs is 1. The number of aryl methyl sites for hydroxylation is 4. The molecule has 3 rings (SSSR count). The van der Waals surface area contributed by atoms with Gasteiger partial charge in [-0.05, 0) is 58.7 Å². The summed E-state index contributed by atoms with van der Waals surface area (Å²) in [6, 6.07) is 6.04. The highest BCUT2D eigenvalue weighted by molar-refractivity contribution is 5.96. The highest BCUT2D eigenvalue weighted by Gasteiger charge is 2.18. The molecule has 5 nitrogen and oxygen atoms in total. The molecule has 0 atom stereocenters. The van der Waals surface area contributed by atoms with Gasteiger partial charge in [0.25, 0.3) is 0 Å². The van der Waals surface area contributed by atoms with Crippen LogP contribution in [0.3, 0.4) is 0 Å². The van der Waals surface area contributed by atoms with Gasteiger partial charge in [0.05, 0.1) is 17.5 Å². The van der Waals surface area contributed by atoms with Gasteiger partial charge in [0.1, 0.15) is 5.75 Å². The molecule has 0 bridgehead atoms. The van der Waals surface area contributed by atoms with Crippen molar-refractivity contribution >= 4 is 17.0 Å². The molecule has 0 radical (unpaired) electrons. The zero-order valence-corrected chi connectivity index (χ0v) is 15.5. The molecule has 0 fully saturated rings. The third-order valence-corrected chi connectivity index (χ3v) is 4.27. The summed E-state index contributed by atoms with van der Waals surface area (Å²) in [7, 11) is 0.